The van der Waals surface area contributed by atoms with Gasteiger partial charge in [-0.15, -0.1) is 0 Å². The molecule has 1 aliphatic carbocycles. The first kappa shape index (κ1) is 12.8. The van der Waals surface area contributed by atoms with Crippen molar-refractivity contribution in [3.05, 3.63) is 0 Å². The van der Waals surface area contributed by atoms with Crippen LogP contribution in [0.25, 0.3) is 0 Å². The van der Waals surface area contributed by atoms with E-state index in [4.69, 9.17) is 5.11 Å². The summed E-state index contributed by atoms with van der Waals surface area (Å²) in [5.41, 5.74) is 0. The van der Waals surface area contributed by atoms with Crippen LogP contribution in [-0.4, -0.2) is 34.7 Å². The summed E-state index contributed by atoms with van der Waals surface area (Å²) in [6, 6.07) is 0.0760. The maximum absolute atomic E-state index is 10.5. The van der Waals surface area contributed by atoms with Crippen LogP contribution in [-0.2, 0) is 4.79 Å². The molecule has 0 aliphatic heterocycles. The number of carboxylic acid groups (broad SMARTS) is 1. The Kier molecular flexibility index (Phi) is 4.93. The Morgan fingerprint density at radius 3 is 2.60 bits per heavy atom. The number of hydrogen-bond donors (Lipinski definition) is 2. The summed E-state index contributed by atoms with van der Waals surface area (Å²) in [5, 5.41) is 12.0. The molecule has 4 heteroatoms. The molecule has 0 bridgehead atoms. The zero-order valence-corrected chi connectivity index (χ0v) is 10.4. The first-order chi connectivity index (χ1) is 7.08. The highest BCUT2D eigenvalue weighted by Gasteiger charge is 2.32. The second-order valence-corrected chi connectivity index (χ2v) is 5.75. The van der Waals surface area contributed by atoms with Crippen LogP contribution >= 0.6 is 11.8 Å². The Hall–Kier alpha value is -0.220. The second kappa shape index (κ2) is 5.75. The standard InChI is InChI=1S/C11H21NO2S/c1-9(7-10(13)14)12-8-11(15-2)5-3-4-6-11/h9,12H,3-8H2,1-2H3,(H,13,14). The fourth-order valence-electron chi connectivity index (χ4n) is 2.17. The number of thioether (sulfide) groups is 1. The average molecular weight is 231 g/mol. The largest absolute Gasteiger partial charge is 0.481 e. The molecule has 0 aromatic rings. The number of carboxylic acids is 1. The lowest BCUT2D eigenvalue weighted by Gasteiger charge is -2.28. The van der Waals surface area contributed by atoms with Gasteiger partial charge in [-0.25, -0.2) is 0 Å². The van der Waals surface area contributed by atoms with Crippen LogP contribution in [0.5, 0.6) is 0 Å². The quantitative estimate of drug-likeness (QED) is 0.735. The van der Waals surface area contributed by atoms with Gasteiger partial charge in [0, 0.05) is 17.3 Å². The van der Waals surface area contributed by atoms with E-state index in [9.17, 15) is 4.79 Å². The van der Waals surface area contributed by atoms with Crippen molar-refractivity contribution in [2.45, 2.75) is 49.8 Å². The summed E-state index contributed by atoms with van der Waals surface area (Å²) in [4.78, 5) is 10.5. The zero-order chi connectivity index (χ0) is 11.3. The summed E-state index contributed by atoms with van der Waals surface area (Å²) in [6.07, 6.45) is 7.53. The minimum atomic E-state index is -0.723. The molecule has 88 valence electrons. The van der Waals surface area contributed by atoms with Gasteiger partial charge in [0.1, 0.15) is 0 Å². The van der Waals surface area contributed by atoms with Gasteiger partial charge < -0.3 is 10.4 Å². The highest BCUT2D eigenvalue weighted by Crippen LogP contribution is 2.39. The van der Waals surface area contributed by atoms with Crippen molar-refractivity contribution in [3.63, 3.8) is 0 Å². The monoisotopic (exact) mass is 231 g/mol. The SMILES string of the molecule is CSC1(CNC(C)CC(=O)O)CCCC1. The van der Waals surface area contributed by atoms with Crippen LogP contribution < -0.4 is 5.32 Å². The average Bonchev–Trinajstić information content (AvgIpc) is 2.63. The molecule has 0 spiro atoms. The van der Waals surface area contributed by atoms with Crippen molar-refractivity contribution < 1.29 is 9.90 Å². The van der Waals surface area contributed by atoms with Gasteiger partial charge in [-0.2, -0.15) is 11.8 Å². The van der Waals surface area contributed by atoms with E-state index in [-0.39, 0.29) is 12.5 Å². The van der Waals surface area contributed by atoms with Crippen LogP contribution in [0.4, 0.5) is 0 Å². The van der Waals surface area contributed by atoms with E-state index in [1.807, 2.05) is 18.7 Å². The van der Waals surface area contributed by atoms with Gasteiger partial charge in [0.15, 0.2) is 0 Å². The minimum Gasteiger partial charge on any atom is -0.481 e. The van der Waals surface area contributed by atoms with E-state index in [1.165, 1.54) is 25.7 Å². The summed E-state index contributed by atoms with van der Waals surface area (Å²) in [6.45, 7) is 2.89. The molecule has 0 heterocycles. The summed E-state index contributed by atoms with van der Waals surface area (Å²) in [7, 11) is 0. The third-order valence-corrected chi connectivity index (χ3v) is 4.62. The Morgan fingerprint density at radius 2 is 2.13 bits per heavy atom. The van der Waals surface area contributed by atoms with Gasteiger partial charge in [-0.3, -0.25) is 4.79 Å². The topological polar surface area (TPSA) is 49.3 Å². The number of aliphatic carboxylic acids is 1. The number of rotatable bonds is 6. The van der Waals surface area contributed by atoms with E-state index in [2.05, 4.69) is 11.6 Å². The van der Waals surface area contributed by atoms with Crippen LogP contribution in [0.15, 0.2) is 0 Å². The third-order valence-electron chi connectivity index (χ3n) is 3.20. The molecule has 3 nitrogen and oxygen atoms in total. The lowest BCUT2D eigenvalue weighted by Crippen LogP contribution is -2.40. The molecule has 0 amide bonds. The van der Waals surface area contributed by atoms with Crippen molar-refractivity contribution in [3.8, 4) is 0 Å². The molecule has 1 aliphatic rings. The fraction of sp³-hybridized carbons (Fsp3) is 0.909. The van der Waals surface area contributed by atoms with E-state index >= 15 is 0 Å². The number of hydrogen-bond acceptors (Lipinski definition) is 3. The molecule has 0 saturated heterocycles. The maximum Gasteiger partial charge on any atom is 0.304 e. The fourth-order valence-corrected chi connectivity index (χ4v) is 3.09. The van der Waals surface area contributed by atoms with Crippen molar-refractivity contribution in [2.24, 2.45) is 0 Å². The highest BCUT2D eigenvalue weighted by atomic mass is 32.2. The van der Waals surface area contributed by atoms with Gasteiger partial charge in [0.2, 0.25) is 0 Å². The van der Waals surface area contributed by atoms with Crippen LogP contribution in [0.3, 0.4) is 0 Å². The first-order valence-corrected chi connectivity index (χ1v) is 6.81. The van der Waals surface area contributed by atoms with E-state index in [0.29, 0.717) is 4.75 Å². The maximum atomic E-state index is 10.5. The lowest BCUT2D eigenvalue weighted by molar-refractivity contribution is -0.137. The minimum absolute atomic E-state index is 0.0760. The van der Waals surface area contributed by atoms with Gasteiger partial charge in [-0.1, -0.05) is 12.8 Å². The zero-order valence-electron chi connectivity index (χ0n) is 9.58. The van der Waals surface area contributed by atoms with E-state index < -0.39 is 5.97 Å². The molecule has 2 N–H and O–H groups in total. The molecule has 1 unspecified atom stereocenters. The summed E-state index contributed by atoms with van der Waals surface area (Å²) < 4.78 is 0.368. The van der Waals surface area contributed by atoms with Crippen molar-refractivity contribution in [1.82, 2.24) is 5.32 Å². The molecule has 1 atom stereocenters. The van der Waals surface area contributed by atoms with Crippen molar-refractivity contribution >= 4 is 17.7 Å². The highest BCUT2D eigenvalue weighted by molar-refractivity contribution is 8.00. The molecule has 0 aromatic carbocycles. The summed E-state index contributed by atoms with van der Waals surface area (Å²) >= 11 is 1.93. The molecule has 0 radical (unpaired) electrons. The molecule has 0 aromatic heterocycles. The normalized spacial score (nSPS) is 21.5. The summed E-state index contributed by atoms with van der Waals surface area (Å²) in [5.74, 6) is -0.723. The van der Waals surface area contributed by atoms with Gasteiger partial charge >= 0.3 is 5.97 Å². The molecule has 1 fully saturated rings. The smallest absolute Gasteiger partial charge is 0.304 e. The van der Waals surface area contributed by atoms with Gasteiger partial charge in [0.05, 0.1) is 6.42 Å². The Bertz CT molecular complexity index is 215. The Labute approximate surface area is 96.0 Å². The molecular weight excluding hydrogens is 210 g/mol. The molecule has 1 saturated carbocycles. The van der Waals surface area contributed by atoms with Crippen molar-refractivity contribution in [1.29, 1.82) is 0 Å². The van der Waals surface area contributed by atoms with E-state index in [0.717, 1.165) is 6.54 Å². The first-order valence-electron chi connectivity index (χ1n) is 5.58. The van der Waals surface area contributed by atoms with E-state index in [1.54, 1.807) is 0 Å². The lowest BCUT2D eigenvalue weighted by atomic mass is 10.1. The van der Waals surface area contributed by atoms with Gasteiger partial charge in [-0.05, 0) is 26.0 Å². The molecule has 1 rings (SSSR count). The van der Waals surface area contributed by atoms with Gasteiger partial charge in [0.25, 0.3) is 0 Å². The van der Waals surface area contributed by atoms with Crippen molar-refractivity contribution in [2.75, 3.05) is 12.8 Å². The molecular formula is C11H21NO2S. The van der Waals surface area contributed by atoms with Crippen LogP contribution in [0.2, 0.25) is 0 Å². The predicted molar refractivity (Wildman–Crippen MR) is 64.4 cm³/mol. The van der Waals surface area contributed by atoms with Crippen LogP contribution in [0.1, 0.15) is 39.0 Å². The second-order valence-electron chi connectivity index (χ2n) is 4.47. The Balaban J connectivity index is 2.30. The number of nitrogens with one attached hydrogen (secondary N) is 1. The predicted octanol–water partition coefficient (Wildman–Crippen LogP) is 2.11. The Morgan fingerprint density at radius 1 is 1.53 bits per heavy atom. The molecule has 15 heavy (non-hydrogen) atoms. The number of carbonyl (C=O) groups is 1. The third kappa shape index (κ3) is 4.03. The van der Waals surface area contributed by atoms with Crippen LogP contribution in [0, 0.1) is 0 Å².